The number of rotatable bonds is 4. The Morgan fingerprint density at radius 1 is 1.35 bits per heavy atom. The Morgan fingerprint density at radius 3 is 2.35 bits per heavy atom. The second-order valence-corrected chi connectivity index (χ2v) is 6.78. The van der Waals surface area contributed by atoms with Crippen LogP contribution in [0.2, 0.25) is 0 Å². The molecule has 0 bridgehead atoms. The van der Waals surface area contributed by atoms with Crippen molar-refractivity contribution in [1.29, 1.82) is 0 Å². The Kier molecular flexibility index (Phi) is 4.03. The van der Waals surface area contributed by atoms with Crippen LogP contribution in [0.5, 0.6) is 0 Å². The molecule has 1 rings (SSSR count). The third kappa shape index (κ3) is 3.63. The van der Waals surface area contributed by atoms with E-state index in [-0.39, 0.29) is 4.90 Å². The van der Waals surface area contributed by atoms with Crippen molar-refractivity contribution < 1.29 is 8.42 Å². The summed E-state index contributed by atoms with van der Waals surface area (Å²) in [6.07, 6.45) is 1.18. The fourth-order valence-electron chi connectivity index (χ4n) is 1.76. The van der Waals surface area contributed by atoms with Crippen molar-refractivity contribution in [2.75, 3.05) is 30.5 Å². The summed E-state index contributed by atoms with van der Waals surface area (Å²) in [5.41, 5.74) is 7.25. The zero-order chi connectivity index (χ0) is 13.2. The van der Waals surface area contributed by atoms with Gasteiger partial charge in [-0.05, 0) is 24.1 Å². The molecular weight excluding hydrogens is 236 g/mol. The van der Waals surface area contributed by atoms with E-state index in [1.54, 1.807) is 12.1 Å². The van der Waals surface area contributed by atoms with Crippen LogP contribution >= 0.6 is 0 Å². The van der Waals surface area contributed by atoms with Crippen molar-refractivity contribution in [3.05, 3.63) is 18.2 Å². The minimum absolute atomic E-state index is 0.261. The summed E-state index contributed by atoms with van der Waals surface area (Å²) in [6, 6.07) is 4.87. The van der Waals surface area contributed by atoms with E-state index in [0.717, 1.165) is 12.2 Å². The molecule has 0 spiro atoms. The van der Waals surface area contributed by atoms with Crippen molar-refractivity contribution in [3.8, 4) is 0 Å². The van der Waals surface area contributed by atoms with E-state index in [4.69, 9.17) is 5.73 Å². The van der Waals surface area contributed by atoms with E-state index in [2.05, 4.69) is 13.8 Å². The first kappa shape index (κ1) is 13.8. The van der Waals surface area contributed by atoms with Gasteiger partial charge in [-0.25, -0.2) is 8.42 Å². The van der Waals surface area contributed by atoms with E-state index in [1.165, 1.54) is 12.3 Å². The standard InChI is InChI=1S/C12H20N2O2S/c1-9(2)8-14(3)12-6-5-10(7-11(12)13)17(4,15)16/h5-7,9H,8,13H2,1-4H3. The van der Waals surface area contributed by atoms with Crippen molar-refractivity contribution in [1.82, 2.24) is 0 Å². The molecule has 96 valence electrons. The molecule has 5 heteroatoms. The minimum atomic E-state index is -3.19. The normalized spacial score (nSPS) is 11.8. The van der Waals surface area contributed by atoms with Gasteiger partial charge in [-0.2, -0.15) is 0 Å². The maximum Gasteiger partial charge on any atom is 0.175 e. The minimum Gasteiger partial charge on any atom is -0.397 e. The summed E-state index contributed by atoms with van der Waals surface area (Å²) >= 11 is 0. The van der Waals surface area contributed by atoms with Crippen LogP contribution in [0, 0.1) is 5.92 Å². The highest BCUT2D eigenvalue weighted by Gasteiger charge is 2.12. The van der Waals surface area contributed by atoms with Gasteiger partial charge in [0.05, 0.1) is 16.3 Å². The quantitative estimate of drug-likeness (QED) is 0.834. The summed E-state index contributed by atoms with van der Waals surface area (Å²) in [7, 11) is -1.24. The number of nitrogen functional groups attached to an aromatic ring is 1. The molecule has 0 fully saturated rings. The zero-order valence-corrected chi connectivity index (χ0v) is 11.6. The highest BCUT2D eigenvalue weighted by Crippen LogP contribution is 2.25. The number of benzene rings is 1. The molecule has 2 N–H and O–H groups in total. The van der Waals surface area contributed by atoms with Gasteiger partial charge in [0.1, 0.15) is 0 Å². The Bertz CT molecular complexity index is 495. The third-order valence-corrected chi connectivity index (χ3v) is 3.59. The predicted octanol–water partition coefficient (Wildman–Crippen LogP) is 1.76. The molecule has 17 heavy (non-hydrogen) atoms. The summed E-state index contributed by atoms with van der Waals surface area (Å²) in [4.78, 5) is 2.29. The molecule has 0 radical (unpaired) electrons. The molecule has 0 unspecified atom stereocenters. The van der Waals surface area contributed by atoms with E-state index < -0.39 is 9.84 Å². The molecular formula is C12H20N2O2S. The van der Waals surface area contributed by atoms with Gasteiger partial charge in [0.15, 0.2) is 9.84 Å². The van der Waals surface area contributed by atoms with Crippen LogP contribution in [0.3, 0.4) is 0 Å². The fraction of sp³-hybridized carbons (Fsp3) is 0.500. The number of sulfone groups is 1. The van der Waals surface area contributed by atoms with E-state index in [9.17, 15) is 8.42 Å². The average Bonchev–Trinajstić information content (AvgIpc) is 2.14. The van der Waals surface area contributed by atoms with E-state index >= 15 is 0 Å². The van der Waals surface area contributed by atoms with Gasteiger partial charge in [0.2, 0.25) is 0 Å². The predicted molar refractivity (Wildman–Crippen MR) is 72.1 cm³/mol. The van der Waals surface area contributed by atoms with Crippen LogP contribution in [0.15, 0.2) is 23.1 Å². The van der Waals surface area contributed by atoms with Crippen LogP contribution in [-0.4, -0.2) is 28.3 Å². The number of nitrogens with zero attached hydrogens (tertiary/aromatic N) is 1. The molecule has 0 aliphatic rings. The topological polar surface area (TPSA) is 63.4 Å². The lowest BCUT2D eigenvalue weighted by atomic mass is 10.2. The molecule has 0 saturated heterocycles. The van der Waals surface area contributed by atoms with Gasteiger partial charge in [-0.1, -0.05) is 13.8 Å². The number of hydrogen-bond acceptors (Lipinski definition) is 4. The van der Waals surface area contributed by atoms with Gasteiger partial charge in [0.25, 0.3) is 0 Å². The van der Waals surface area contributed by atoms with E-state index in [1.807, 2.05) is 11.9 Å². The summed E-state index contributed by atoms with van der Waals surface area (Å²) < 4.78 is 22.7. The number of nitrogens with two attached hydrogens (primary N) is 1. The Balaban J connectivity index is 3.06. The molecule has 0 amide bonds. The molecule has 0 aromatic heterocycles. The summed E-state index contributed by atoms with van der Waals surface area (Å²) in [6.45, 7) is 5.12. The Labute approximate surface area is 103 Å². The Hall–Kier alpha value is -1.23. The molecule has 4 nitrogen and oxygen atoms in total. The lowest BCUT2D eigenvalue weighted by Crippen LogP contribution is -2.23. The molecule has 0 heterocycles. The number of hydrogen-bond donors (Lipinski definition) is 1. The molecule has 0 saturated carbocycles. The smallest absolute Gasteiger partial charge is 0.175 e. The lowest BCUT2D eigenvalue weighted by Gasteiger charge is -2.23. The first-order valence-electron chi connectivity index (χ1n) is 5.52. The second-order valence-electron chi connectivity index (χ2n) is 4.77. The van der Waals surface area contributed by atoms with Crippen LogP contribution in [0.1, 0.15) is 13.8 Å². The summed E-state index contributed by atoms with van der Waals surface area (Å²) in [5, 5.41) is 0. The van der Waals surface area contributed by atoms with Crippen LogP contribution in [0.25, 0.3) is 0 Å². The van der Waals surface area contributed by atoms with Crippen LogP contribution in [0.4, 0.5) is 11.4 Å². The highest BCUT2D eigenvalue weighted by molar-refractivity contribution is 7.90. The van der Waals surface area contributed by atoms with Gasteiger partial charge in [-0.3, -0.25) is 0 Å². The van der Waals surface area contributed by atoms with Gasteiger partial charge >= 0.3 is 0 Å². The molecule has 1 aromatic carbocycles. The highest BCUT2D eigenvalue weighted by atomic mass is 32.2. The van der Waals surface area contributed by atoms with Crippen molar-refractivity contribution in [3.63, 3.8) is 0 Å². The first-order chi connectivity index (χ1) is 7.71. The third-order valence-electron chi connectivity index (χ3n) is 2.48. The van der Waals surface area contributed by atoms with Crippen molar-refractivity contribution in [2.45, 2.75) is 18.7 Å². The van der Waals surface area contributed by atoms with Gasteiger partial charge in [0, 0.05) is 19.8 Å². The first-order valence-corrected chi connectivity index (χ1v) is 7.41. The van der Waals surface area contributed by atoms with Crippen molar-refractivity contribution >= 4 is 21.2 Å². The molecule has 1 aromatic rings. The zero-order valence-electron chi connectivity index (χ0n) is 10.8. The van der Waals surface area contributed by atoms with Gasteiger partial charge < -0.3 is 10.6 Å². The average molecular weight is 256 g/mol. The number of anilines is 2. The largest absolute Gasteiger partial charge is 0.397 e. The molecule has 0 aliphatic heterocycles. The lowest BCUT2D eigenvalue weighted by molar-refractivity contribution is 0.602. The molecule has 0 atom stereocenters. The van der Waals surface area contributed by atoms with E-state index in [0.29, 0.717) is 11.6 Å². The van der Waals surface area contributed by atoms with Crippen LogP contribution < -0.4 is 10.6 Å². The monoisotopic (exact) mass is 256 g/mol. The van der Waals surface area contributed by atoms with Gasteiger partial charge in [-0.15, -0.1) is 0 Å². The fourth-order valence-corrected chi connectivity index (χ4v) is 2.41. The molecule has 0 aliphatic carbocycles. The maximum absolute atomic E-state index is 11.4. The van der Waals surface area contributed by atoms with Crippen LogP contribution in [-0.2, 0) is 9.84 Å². The second kappa shape index (κ2) is 4.96. The SMILES string of the molecule is CC(C)CN(C)c1ccc(S(C)(=O)=O)cc1N. The van der Waals surface area contributed by atoms with Crippen molar-refractivity contribution in [2.24, 2.45) is 5.92 Å². The Morgan fingerprint density at radius 2 is 1.94 bits per heavy atom. The maximum atomic E-state index is 11.4. The summed E-state index contributed by atoms with van der Waals surface area (Å²) in [5.74, 6) is 0.522.